The summed E-state index contributed by atoms with van der Waals surface area (Å²) in [5, 5.41) is 21.1. The van der Waals surface area contributed by atoms with Crippen molar-refractivity contribution in [3.05, 3.63) is 75.8 Å². The predicted octanol–water partition coefficient (Wildman–Crippen LogP) is 7.13. The van der Waals surface area contributed by atoms with E-state index in [2.05, 4.69) is 23.8 Å². The van der Waals surface area contributed by atoms with E-state index in [1.54, 1.807) is 19.5 Å². The molecule has 0 heterocycles. The molecule has 5 heteroatoms. The van der Waals surface area contributed by atoms with Crippen molar-refractivity contribution < 1.29 is 14.9 Å². The van der Waals surface area contributed by atoms with Crippen LogP contribution >= 0.6 is 0 Å². The Balaban J connectivity index is 2.00. The van der Waals surface area contributed by atoms with Gasteiger partial charge in [-0.1, -0.05) is 38.8 Å². The Morgan fingerprint density at radius 3 is 1.71 bits per heavy atom. The van der Waals surface area contributed by atoms with Crippen molar-refractivity contribution in [2.75, 3.05) is 7.11 Å². The van der Waals surface area contributed by atoms with Crippen molar-refractivity contribution in [2.45, 2.75) is 53.4 Å². The Labute approximate surface area is 202 Å². The average molecular weight is 459 g/mol. The highest BCUT2D eigenvalue weighted by atomic mass is 16.5. The minimum Gasteiger partial charge on any atom is -0.507 e. The highest BCUT2D eigenvalue weighted by Crippen LogP contribution is 2.33. The lowest BCUT2D eigenvalue weighted by molar-refractivity contribution is 0.415. The SMILES string of the molecule is CCCc1cc(C)c(O)c(C=Nc2ccc(OC)cc2N=Cc2cc(CCC)cc(C)c2O)c1. The molecule has 0 aliphatic rings. The molecule has 0 aliphatic heterocycles. The van der Waals surface area contributed by atoms with Crippen molar-refractivity contribution in [2.24, 2.45) is 9.98 Å². The summed E-state index contributed by atoms with van der Waals surface area (Å²) in [6.45, 7) is 8.06. The van der Waals surface area contributed by atoms with Gasteiger partial charge < -0.3 is 14.9 Å². The normalized spacial score (nSPS) is 11.6. The second kappa shape index (κ2) is 11.5. The van der Waals surface area contributed by atoms with Crippen LogP contribution in [0.15, 0.2) is 52.4 Å². The molecule has 0 aliphatic carbocycles. The van der Waals surface area contributed by atoms with E-state index in [4.69, 9.17) is 4.74 Å². The topological polar surface area (TPSA) is 74.4 Å². The highest BCUT2D eigenvalue weighted by Gasteiger charge is 2.09. The van der Waals surface area contributed by atoms with Gasteiger partial charge in [-0.15, -0.1) is 0 Å². The van der Waals surface area contributed by atoms with Crippen LogP contribution in [-0.2, 0) is 12.8 Å². The van der Waals surface area contributed by atoms with Gasteiger partial charge in [-0.05, 0) is 73.2 Å². The Kier molecular flexibility index (Phi) is 8.47. The lowest BCUT2D eigenvalue weighted by Gasteiger charge is -2.09. The molecule has 34 heavy (non-hydrogen) atoms. The molecule has 3 aromatic carbocycles. The number of hydrogen-bond acceptors (Lipinski definition) is 5. The molecule has 0 saturated carbocycles. The summed E-state index contributed by atoms with van der Waals surface area (Å²) in [6.07, 6.45) is 7.28. The van der Waals surface area contributed by atoms with Gasteiger partial charge in [-0.2, -0.15) is 0 Å². The molecule has 2 N–H and O–H groups in total. The van der Waals surface area contributed by atoms with Gasteiger partial charge in [0.05, 0.1) is 18.5 Å². The van der Waals surface area contributed by atoms with Gasteiger partial charge in [0.25, 0.3) is 0 Å². The van der Waals surface area contributed by atoms with Gasteiger partial charge >= 0.3 is 0 Å². The summed E-state index contributed by atoms with van der Waals surface area (Å²) in [6, 6.07) is 13.4. The van der Waals surface area contributed by atoms with Crippen molar-refractivity contribution in [3.8, 4) is 17.2 Å². The Morgan fingerprint density at radius 1 is 0.735 bits per heavy atom. The zero-order valence-corrected chi connectivity index (χ0v) is 20.7. The van der Waals surface area contributed by atoms with Crippen molar-refractivity contribution in [1.29, 1.82) is 0 Å². The number of methoxy groups -OCH3 is 1. The molecule has 0 unspecified atom stereocenters. The summed E-state index contributed by atoms with van der Waals surface area (Å²) in [7, 11) is 1.61. The van der Waals surface area contributed by atoms with Crippen LogP contribution in [0.2, 0.25) is 0 Å². The van der Waals surface area contributed by atoms with E-state index >= 15 is 0 Å². The van der Waals surface area contributed by atoms with Crippen LogP contribution in [0, 0.1) is 13.8 Å². The third-order valence-corrected chi connectivity index (χ3v) is 5.72. The fourth-order valence-corrected chi connectivity index (χ4v) is 3.95. The maximum Gasteiger partial charge on any atom is 0.127 e. The Hall–Kier alpha value is -3.60. The molecular weight excluding hydrogens is 424 g/mol. The summed E-state index contributed by atoms with van der Waals surface area (Å²) in [4.78, 5) is 9.28. The number of phenols is 2. The second-order valence-corrected chi connectivity index (χ2v) is 8.57. The first kappa shape index (κ1) is 25.0. The number of ether oxygens (including phenoxy) is 1. The molecule has 0 saturated heterocycles. The van der Waals surface area contributed by atoms with Gasteiger partial charge in [-0.25, -0.2) is 0 Å². The minimum absolute atomic E-state index is 0.227. The van der Waals surface area contributed by atoms with Crippen LogP contribution < -0.4 is 4.74 Å². The number of aryl methyl sites for hydroxylation is 4. The molecule has 0 amide bonds. The predicted molar refractivity (Wildman–Crippen MR) is 141 cm³/mol. The minimum atomic E-state index is 0.227. The van der Waals surface area contributed by atoms with E-state index in [9.17, 15) is 10.2 Å². The van der Waals surface area contributed by atoms with E-state index in [-0.39, 0.29) is 11.5 Å². The summed E-state index contributed by atoms with van der Waals surface area (Å²) >= 11 is 0. The number of hydrogen-bond donors (Lipinski definition) is 2. The van der Waals surface area contributed by atoms with Crippen molar-refractivity contribution in [1.82, 2.24) is 0 Å². The zero-order valence-electron chi connectivity index (χ0n) is 20.7. The first-order valence-electron chi connectivity index (χ1n) is 11.8. The Bertz CT molecular complexity index is 1210. The molecule has 0 spiro atoms. The summed E-state index contributed by atoms with van der Waals surface area (Å²) in [5.41, 5.74) is 6.58. The van der Waals surface area contributed by atoms with E-state index in [0.29, 0.717) is 28.3 Å². The molecule has 0 bridgehead atoms. The molecule has 0 atom stereocenters. The first-order valence-corrected chi connectivity index (χ1v) is 11.8. The monoisotopic (exact) mass is 458 g/mol. The van der Waals surface area contributed by atoms with E-state index in [1.807, 2.05) is 56.3 Å². The number of benzene rings is 3. The third-order valence-electron chi connectivity index (χ3n) is 5.72. The quantitative estimate of drug-likeness (QED) is 0.335. The molecule has 0 radical (unpaired) electrons. The summed E-state index contributed by atoms with van der Waals surface area (Å²) < 4.78 is 5.38. The lowest BCUT2D eigenvalue weighted by Crippen LogP contribution is -1.92. The van der Waals surface area contributed by atoms with Gasteiger partial charge in [0.2, 0.25) is 0 Å². The molecular formula is C29H34N2O3. The van der Waals surface area contributed by atoms with Crippen molar-refractivity contribution >= 4 is 23.8 Å². The van der Waals surface area contributed by atoms with Crippen molar-refractivity contribution in [3.63, 3.8) is 0 Å². The van der Waals surface area contributed by atoms with Crippen LogP contribution in [-0.4, -0.2) is 29.8 Å². The number of phenolic OH excluding ortho intramolecular Hbond substituents is 2. The van der Waals surface area contributed by atoms with Crippen LogP contribution in [0.1, 0.15) is 60.1 Å². The molecule has 0 fully saturated rings. The molecule has 5 nitrogen and oxygen atoms in total. The molecule has 0 aromatic heterocycles. The summed E-state index contributed by atoms with van der Waals surface area (Å²) in [5.74, 6) is 1.12. The second-order valence-electron chi connectivity index (χ2n) is 8.57. The smallest absolute Gasteiger partial charge is 0.127 e. The zero-order chi connectivity index (χ0) is 24.7. The number of aliphatic imine (C=N–C) groups is 2. The molecule has 3 aromatic rings. The number of rotatable bonds is 9. The fraction of sp³-hybridized carbons (Fsp3) is 0.310. The molecule has 3 rings (SSSR count). The van der Waals surface area contributed by atoms with Gasteiger partial charge in [0.1, 0.15) is 17.2 Å². The Morgan fingerprint density at radius 2 is 1.24 bits per heavy atom. The first-order chi connectivity index (χ1) is 16.4. The third kappa shape index (κ3) is 6.04. The number of nitrogens with zero attached hydrogens (tertiary/aromatic N) is 2. The maximum absolute atomic E-state index is 10.5. The van der Waals surface area contributed by atoms with Crippen LogP contribution in [0.5, 0.6) is 17.2 Å². The lowest BCUT2D eigenvalue weighted by atomic mass is 10.0. The van der Waals surface area contributed by atoms with Gasteiger partial charge in [0, 0.05) is 29.6 Å². The van der Waals surface area contributed by atoms with Gasteiger partial charge in [0.15, 0.2) is 0 Å². The van der Waals surface area contributed by atoms with Crippen LogP contribution in [0.3, 0.4) is 0 Å². The van der Waals surface area contributed by atoms with Gasteiger partial charge in [-0.3, -0.25) is 9.98 Å². The largest absolute Gasteiger partial charge is 0.507 e. The highest BCUT2D eigenvalue weighted by molar-refractivity contribution is 5.90. The van der Waals surface area contributed by atoms with E-state index in [0.717, 1.165) is 36.8 Å². The van der Waals surface area contributed by atoms with E-state index < -0.39 is 0 Å². The average Bonchev–Trinajstić information content (AvgIpc) is 2.82. The van der Waals surface area contributed by atoms with Crippen LogP contribution in [0.25, 0.3) is 0 Å². The standard InChI is InChI=1S/C29H34N2O3/c1-6-8-21-12-19(3)28(32)23(14-21)17-30-26-11-10-25(34-5)16-27(26)31-18-24-15-22(9-7-2)13-20(4)29(24)33/h10-18,32-33H,6-9H2,1-5H3. The van der Waals surface area contributed by atoms with E-state index in [1.165, 1.54) is 11.1 Å². The fourth-order valence-electron chi connectivity index (χ4n) is 3.95. The molecule has 178 valence electrons. The maximum atomic E-state index is 10.5. The van der Waals surface area contributed by atoms with Crippen LogP contribution in [0.4, 0.5) is 11.4 Å². The number of aromatic hydroxyl groups is 2.